The van der Waals surface area contributed by atoms with Gasteiger partial charge in [0.15, 0.2) is 11.5 Å². The summed E-state index contributed by atoms with van der Waals surface area (Å²) in [6.45, 7) is 3.88. The number of H-pyrrole nitrogens is 1. The molecular weight excluding hydrogens is 527 g/mol. The molecule has 206 valence electrons. The van der Waals surface area contributed by atoms with Crippen LogP contribution in [0.4, 0.5) is 4.39 Å². The SMILES string of the molecule is COc1cc(-c2cc(C(=O)N3CCC(C(=O)NCc4ncc(C(C)(C)O)cc4Cl)CC34CC4)n[nH]2)c(F)cn1. The summed E-state index contributed by atoms with van der Waals surface area (Å²) in [5.41, 5.74) is 0.390. The summed E-state index contributed by atoms with van der Waals surface area (Å²) >= 11 is 6.33. The van der Waals surface area contributed by atoms with Gasteiger partial charge in [0.25, 0.3) is 5.91 Å². The van der Waals surface area contributed by atoms with Crippen LogP contribution in [0.3, 0.4) is 0 Å². The predicted molar refractivity (Wildman–Crippen MR) is 140 cm³/mol. The van der Waals surface area contributed by atoms with Gasteiger partial charge in [0.2, 0.25) is 11.8 Å². The summed E-state index contributed by atoms with van der Waals surface area (Å²) in [5.74, 6) is -0.928. The summed E-state index contributed by atoms with van der Waals surface area (Å²) < 4.78 is 19.4. The van der Waals surface area contributed by atoms with Crippen molar-refractivity contribution in [2.24, 2.45) is 5.92 Å². The molecule has 2 aliphatic rings. The molecule has 0 aromatic carbocycles. The van der Waals surface area contributed by atoms with Crippen molar-refractivity contribution in [3.05, 3.63) is 58.4 Å². The van der Waals surface area contributed by atoms with Gasteiger partial charge >= 0.3 is 0 Å². The first-order chi connectivity index (χ1) is 18.5. The van der Waals surface area contributed by atoms with Crippen molar-refractivity contribution >= 4 is 23.4 Å². The third-order valence-electron chi connectivity index (χ3n) is 7.52. The van der Waals surface area contributed by atoms with E-state index in [9.17, 15) is 19.1 Å². The van der Waals surface area contributed by atoms with E-state index in [4.69, 9.17) is 16.3 Å². The molecule has 4 heterocycles. The van der Waals surface area contributed by atoms with Crippen LogP contribution in [-0.4, -0.2) is 61.2 Å². The number of aliphatic hydroxyl groups is 1. The van der Waals surface area contributed by atoms with Gasteiger partial charge in [0.1, 0.15) is 0 Å². The molecule has 3 aromatic heterocycles. The lowest BCUT2D eigenvalue weighted by Crippen LogP contribution is -2.50. The Morgan fingerprint density at radius 3 is 2.72 bits per heavy atom. The van der Waals surface area contributed by atoms with E-state index in [1.54, 1.807) is 31.0 Å². The summed E-state index contributed by atoms with van der Waals surface area (Å²) in [4.78, 5) is 36.4. The van der Waals surface area contributed by atoms with Crippen LogP contribution in [0.1, 0.15) is 61.3 Å². The zero-order valence-electron chi connectivity index (χ0n) is 21.9. The summed E-state index contributed by atoms with van der Waals surface area (Å²) in [6, 6.07) is 4.61. The van der Waals surface area contributed by atoms with Gasteiger partial charge < -0.3 is 20.1 Å². The maximum Gasteiger partial charge on any atom is 0.274 e. The van der Waals surface area contributed by atoms with Crippen molar-refractivity contribution < 1.29 is 23.8 Å². The first-order valence-corrected chi connectivity index (χ1v) is 13.1. The van der Waals surface area contributed by atoms with Gasteiger partial charge in [0, 0.05) is 41.4 Å². The number of carbonyl (C=O) groups excluding carboxylic acids is 2. The molecule has 0 radical (unpaired) electrons. The zero-order valence-corrected chi connectivity index (χ0v) is 22.7. The van der Waals surface area contributed by atoms with Crippen molar-refractivity contribution in [3.8, 4) is 17.1 Å². The highest BCUT2D eigenvalue weighted by Crippen LogP contribution is 2.50. The van der Waals surface area contributed by atoms with E-state index in [1.165, 1.54) is 19.2 Å². The smallest absolute Gasteiger partial charge is 0.274 e. The van der Waals surface area contributed by atoms with E-state index in [1.807, 2.05) is 0 Å². The van der Waals surface area contributed by atoms with Gasteiger partial charge in [0.05, 0.1) is 41.9 Å². The van der Waals surface area contributed by atoms with E-state index in [-0.39, 0.29) is 47.0 Å². The summed E-state index contributed by atoms with van der Waals surface area (Å²) in [6.07, 6.45) is 5.28. The Labute approximate surface area is 229 Å². The molecule has 0 bridgehead atoms. The van der Waals surface area contributed by atoms with Crippen LogP contribution in [0, 0.1) is 11.7 Å². The molecule has 1 atom stereocenters. The first-order valence-electron chi connectivity index (χ1n) is 12.7. The zero-order chi connectivity index (χ0) is 27.9. The highest BCUT2D eigenvalue weighted by Gasteiger charge is 2.54. The van der Waals surface area contributed by atoms with Crippen molar-refractivity contribution in [2.75, 3.05) is 13.7 Å². The molecule has 1 aliphatic carbocycles. The number of rotatable bonds is 7. The Hall–Kier alpha value is -3.57. The van der Waals surface area contributed by atoms with E-state index >= 15 is 0 Å². The molecule has 5 rings (SSSR count). The Morgan fingerprint density at radius 1 is 1.28 bits per heavy atom. The number of aromatic nitrogens is 4. The van der Waals surface area contributed by atoms with E-state index in [0.717, 1.165) is 19.0 Å². The number of amides is 2. The van der Waals surface area contributed by atoms with Crippen LogP contribution in [0.2, 0.25) is 5.02 Å². The predicted octanol–water partition coefficient (Wildman–Crippen LogP) is 3.60. The van der Waals surface area contributed by atoms with Crippen molar-refractivity contribution in [1.82, 2.24) is 30.4 Å². The number of aromatic amines is 1. The third kappa shape index (κ3) is 5.46. The molecule has 1 unspecified atom stereocenters. The number of pyridine rings is 2. The second-order valence-electron chi connectivity index (χ2n) is 10.7. The van der Waals surface area contributed by atoms with Crippen LogP contribution in [0.15, 0.2) is 30.6 Å². The van der Waals surface area contributed by atoms with Crippen molar-refractivity contribution in [3.63, 3.8) is 0 Å². The van der Waals surface area contributed by atoms with Crippen molar-refractivity contribution in [2.45, 2.75) is 57.2 Å². The van der Waals surface area contributed by atoms with E-state index in [2.05, 4.69) is 25.5 Å². The van der Waals surface area contributed by atoms with Crippen LogP contribution in [0.25, 0.3) is 11.3 Å². The van der Waals surface area contributed by atoms with Crippen LogP contribution in [-0.2, 0) is 16.9 Å². The monoisotopic (exact) mass is 556 g/mol. The Kier molecular flexibility index (Phi) is 7.06. The highest BCUT2D eigenvalue weighted by molar-refractivity contribution is 6.31. The average Bonchev–Trinajstić information content (AvgIpc) is 3.48. The second kappa shape index (κ2) is 10.2. The molecule has 1 saturated carbocycles. The summed E-state index contributed by atoms with van der Waals surface area (Å²) in [7, 11) is 1.44. The highest BCUT2D eigenvalue weighted by atomic mass is 35.5. The van der Waals surface area contributed by atoms with Gasteiger partial charge in [-0.05, 0) is 51.7 Å². The Balaban J connectivity index is 1.22. The fraction of sp³-hybridized carbons (Fsp3) is 0.444. The molecule has 12 heteroatoms. The van der Waals surface area contributed by atoms with Gasteiger partial charge in [-0.25, -0.2) is 9.37 Å². The molecule has 1 aliphatic heterocycles. The number of carbonyl (C=O) groups is 2. The molecule has 3 aromatic rings. The third-order valence-corrected chi connectivity index (χ3v) is 7.85. The number of hydrogen-bond acceptors (Lipinski definition) is 7. The van der Waals surface area contributed by atoms with E-state index in [0.29, 0.717) is 41.4 Å². The lowest BCUT2D eigenvalue weighted by molar-refractivity contribution is -0.127. The minimum Gasteiger partial charge on any atom is -0.481 e. The number of likely N-dealkylation sites (tertiary alicyclic amines) is 1. The number of halogens is 2. The maximum atomic E-state index is 14.3. The number of nitrogens with one attached hydrogen (secondary N) is 2. The quantitative estimate of drug-likeness (QED) is 0.405. The lowest BCUT2D eigenvalue weighted by atomic mass is 9.88. The first kappa shape index (κ1) is 27.0. The molecule has 39 heavy (non-hydrogen) atoms. The number of piperidine rings is 1. The van der Waals surface area contributed by atoms with Gasteiger partial charge in [-0.15, -0.1) is 0 Å². The fourth-order valence-electron chi connectivity index (χ4n) is 5.04. The topological polar surface area (TPSA) is 133 Å². The molecule has 1 saturated heterocycles. The van der Waals surface area contributed by atoms with Gasteiger partial charge in [-0.1, -0.05) is 11.6 Å². The van der Waals surface area contributed by atoms with Gasteiger partial charge in [-0.3, -0.25) is 19.7 Å². The Morgan fingerprint density at radius 2 is 2.05 bits per heavy atom. The minimum absolute atomic E-state index is 0.109. The molecule has 3 N–H and O–H groups in total. The summed E-state index contributed by atoms with van der Waals surface area (Å²) in [5, 5.41) is 20.3. The molecule has 2 amide bonds. The average molecular weight is 557 g/mol. The molecular formula is C27H30ClFN6O4. The van der Waals surface area contributed by atoms with E-state index < -0.39 is 11.4 Å². The lowest BCUT2D eigenvalue weighted by Gasteiger charge is -2.39. The van der Waals surface area contributed by atoms with Crippen molar-refractivity contribution in [1.29, 1.82) is 0 Å². The van der Waals surface area contributed by atoms with Crippen LogP contribution in [0.5, 0.6) is 5.88 Å². The van der Waals surface area contributed by atoms with Crippen LogP contribution >= 0.6 is 11.6 Å². The normalized spacial score (nSPS) is 18.2. The largest absolute Gasteiger partial charge is 0.481 e. The standard InChI is InChI=1S/C27H30ClFN6O4/c1-26(2,38)16-8-18(28)22(30-12-16)14-32-24(36)15-4-7-35(27(11-15)5-6-27)25(37)21-10-20(33-34-21)17-9-23(39-3)31-13-19(17)29/h8-10,12-13,15,38H,4-7,11,14H2,1-3H3,(H,32,36)(H,33,34). The fourth-order valence-corrected chi connectivity index (χ4v) is 5.28. The number of ether oxygens (including phenoxy) is 1. The maximum absolute atomic E-state index is 14.3. The number of nitrogens with zero attached hydrogens (tertiary/aromatic N) is 4. The van der Waals surface area contributed by atoms with Gasteiger partial charge in [-0.2, -0.15) is 5.10 Å². The molecule has 2 fully saturated rings. The Bertz CT molecular complexity index is 1420. The number of hydrogen-bond donors (Lipinski definition) is 3. The minimum atomic E-state index is -1.07. The number of methoxy groups -OCH3 is 1. The van der Waals surface area contributed by atoms with Crippen LogP contribution < -0.4 is 10.1 Å². The molecule has 10 nitrogen and oxygen atoms in total. The molecule has 1 spiro atoms. The second-order valence-corrected chi connectivity index (χ2v) is 11.1.